The van der Waals surface area contributed by atoms with E-state index in [-0.39, 0.29) is 41.5 Å². The van der Waals surface area contributed by atoms with Gasteiger partial charge < -0.3 is 14.9 Å². The fraction of sp³-hybridized carbons (Fsp3) is 0.545. The number of carboxylic acid groups (broad SMARTS) is 1. The Hall–Kier alpha value is -2.00. The van der Waals surface area contributed by atoms with E-state index in [0.29, 0.717) is 12.8 Å². The van der Waals surface area contributed by atoms with E-state index < -0.39 is 23.8 Å². The van der Waals surface area contributed by atoms with Crippen molar-refractivity contribution in [2.75, 3.05) is 12.4 Å². The molecule has 2 rings (SSSR count). The predicted octanol–water partition coefficient (Wildman–Crippen LogP) is 4.73. The van der Waals surface area contributed by atoms with Crippen LogP contribution in [-0.4, -0.2) is 45.7 Å². The zero-order chi connectivity index (χ0) is 22.9. The number of ketones is 1. The monoisotopic (exact) mass is 460 g/mol. The van der Waals surface area contributed by atoms with Crippen LogP contribution < -0.4 is 4.74 Å². The summed E-state index contributed by atoms with van der Waals surface area (Å²) in [5, 5.41) is 18.7. The van der Waals surface area contributed by atoms with Gasteiger partial charge in [0.05, 0.1) is 11.7 Å². The van der Waals surface area contributed by atoms with E-state index in [4.69, 9.17) is 9.84 Å². The maximum absolute atomic E-state index is 12.7. The van der Waals surface area contributed by atoms with E-state index in [2.05, 4.69) is 0 Å². The normalized spacial score (nSPS) is 19.5. The Morgan fingerprint density at radius 1 is 1.19 bits per heavy atom. The van der Waals surface area contributed by atoms with Gasteiger partial charge in [0.25, 0.3) is 0 Å². The lowest BCUT2D eigenvalue weighted by molar-refractivity contribution is -0.138. The zero-order valence-corrected chi connectivity index (χ0v) is 17.8. The predicted molar refractivity (Wildman–Crippen MR) is 112 cm³/mol. The molecule has 1 aromatic carbocycles. The van der Waals surface area contributed by atoms with Crippen molar-refractivity contribution in [3.8, 4) is 5.75 Å². The maximum Gasteiger partial charge on any atom is 0.416 e. The van der Waals surface area contributed by atoms with Crippen LogP contribution in [0, 0.1) is 5.92 Å². The highest BCUT2D eigenvalue weighted by molar-refractivity contribution is 8.00. The fourth-order valence-electron chi connectivity index (χ4n) is 3.31. The topological polar surface area (TPSA) is 83.8 Å². The number of allylic oxidation sites excluding steroid dienone is 1. The van der Waals surface area contributed by atoms with Gasteiger partial charge in [-0.1, -0.05) is 31.4 Å². The molecule has 0 fully saturated rings. The van der Waals surface area contributed by atoms with Gasteiger partial charge in [-0.25, -0.2) is 0 Å². The molecule has 3 atom stereocenters. The minimum absolute atomic E-state index is 0.0376. The van der Waals surface area contributed by atoms with Crippen LogP contribution in [0.1, 0.15) is 44.1 Å². The van der Waals surface area contributed by atoms with E-state index in [1.54, 1.807) is 6.08 Å². The summed E-state index contributed by atoms with van der Waals surface area (Å²) in [6.45, 7) is -0.146. The van der Waals surface area contributed by atoms with Crippen LogP contribution in [0.25, 0.3) is 0 Å². The number of unbranched alkanes of at least 4 members (excludes halogenated alkanes) is 3. The number of hydrogen-bond acceptors (Lipinski definition) is 5. The number of thioether (sulfide) groups is 1. The molecule has 0 radical (unpaired) electrons. The molecule has 0 spiro atoms. The van der Waals surface area contributed by atoms with Crippen LogP contribution in [0.15, 0.2) is 36.4 Å². The van der Waals surface area contributed by atoms with Crippen LogP contribution in [0.5, 0.6) is 5.75 Å². The minimum atomic E-state index is -4.46. The Bertz CT molecular complexity index is 766. The van der Waals surface area contributed by atoms with Crippen LogP contribution in [0.4, 0.5) is 13.2 Å². The van der Waals surface area contributed by atoms with Gasteiger partial charge in [-0.15, -0.1) is 0 Å². The second-order valence-corrected chi connectivity index (χ2v) is 8.71. The molecule has 0 saturated carbocycles. The summed E-state index contributed by atoms with van der Waals surface area (Å²) >= 11 is 1.42. The molecule has 0 heterocycles. The number of benzene rings is 1. The number of carbonyl (C=O) groups is 2. The van der Waals surface area contributed by atoms with Crippen LogP contribution in [-0.2, 0) is 15.8 Å². The molecular weight excluding hydrogens is 433 g/mol. The quantitative estimate of drug-likeness (QED) is 0.414. The highest BCUT2D eigenvalue weighted by Gasteiger charge is 2.31. The Balaban J connectivity index is 1.71. The van der Waals surface area contributed by atoms with Gasteiger partial charge in [-0.2, -0.15) is 24.9 Å². The number of rotatable bonds is 13. The maximum atomic E-state index is 12.7. The van der Waals surface area contributed by atoms with Crippen molar-refractivity contribution in [2.45, 2.75) is 56.1 Å². The molecule has 0 amide bonds. The third-order valence-corrected chi connectivity index (χ3v) is 6.40. The third kappa shape index (κ3) is 8.95. The lowest BCUT2D eigenvalue weighted by Gasteiger charge is -2.20. The molecule has 0 aromatic heterocycles. The van der Waals surface area contributed by atoms with Gasteiger partial charge in [0.1, 0.15) is 12.4 Å². The largest absolute Gasteiger partial charge is 0.491 e. The average Bonchev–Trinajstić information content (AvgIpc) is 3.06. The summed E-state index contributed by atoms with van der Waals surface area (Å²) in [4.78, 5) is 22.6. The number of ether oxygens (including phenoxy) is 1. The van der Waals surface area contributed by atoms with Gasteiger partial charge in [-0.05, 0) is 37.1 Å². The summed E-state index contributed by atoms with van der Waals surface area (Å²) in [5.74, 6) is -0.590. The van der Waals surface area contributed by atoms with Crippen molar-refractivity contribution in [3.05, 3.63) is 42.0 Å². The number of hydrogen-bond donors (Lipinski definition) is 2. The second-order valence-electron chi connectivity index (χ2n) is 7.50. The van der Waals surface area contributed by atoms with E-state index >= 15 is 0 Å². The second kappa shape index (κ2) is 12.1. The third-order valence-electron chi connectivity index (χ3n) is 4.95. The number of carbonyl (C=O) groups excluding carboxylic acids is 1. The number of aliphatic carboxylic acids is 1. The summed E-state index contributed by atoms with van der Waals surface area (Å²) in [5.41, 5.74) is -0.811. The molecule has 172 valence electrons. The van der Waals surface area contributed by atoms with Gasteiger partial charge in [0.15, 0.2) is 5.78 Å². The lowest BCUT2D eigenvalue weighted by atomic mass is 9.97. The molecule has 5 nitrogen and oxygen atoms in total. The molecule has 9 heteroatoms. The van der Waals surface area contributed by atoms with E-state index in [1.165, 1.54) is 23.9 Å². The number of carboxylic acids is 1. The molecular formula is C22H27F3O5S. The number of aliphatic hydroxyl groups excluding tert-OH is 1. The van der Waals surface area contributed by atoms with Crippen molar-refractivity contribution in [2.24, 2.45) is 5.92 Å². The minimum Gasteiger partial charge on any atom is -0.491 e. The van der Waals surface area contributed by atoms with Crippen molar-refractivity contribution in [1.82, 2.24) is 0 Å². The number of alkyl halides is 3. The van der Waals surface area contributed by atoms with Crippen molar-refractivity contribution >= 4 is 23.5 Å². The Morgan fingerprint density at radius 2 is 1.94 bits per heavy atom. The zero-order valence-electron chi connectivity index (χ0n) is 17.0. The first-order valence-corrected chi connectivity index (χ1v) is 11.2. The fourth-order valence-corrected chi connectivity index (χ4v) is 4.54. The van der Waals surface area contributed by atoms with Crippen LogP contribution >= 0.6 is 11.8 Å². The molecule has 1 aromatic rings. The smallest absolute Gasteiger partial charge is 0.416 e. The summed E-state index contributed by atoms with van der Waals surface area (Å²) < 4.78 is 43.5. The molecule has 3 unspecified atom stereocenters. The summed E-state index contributed by atoms with van der Waals surface area (Å²) in [6.07, 6.45) is 2.02. The van der Waals surface area contributed by atoms with Crippen LogP contribution in [0.2, 0.25) is 0 Å². The van der Waals surface area contributed by atoms with Crippen LogP contribution in [0.3, 0.4) is 0 Å². The number of halogens is 3. The molecule has 1 aliphatic rings. The SMILES string of the molecule is O=C(O)CCCCCCC1C(=O)C=CC1SCC(O)COc1cccc(C(F)(F)F)c1. The van der Waals surface area contributed by atoms with E-state index in [9.17, 15) is 27.9 Å². The first kappa shape index (κ1) is 25.3. The highest BCUT2D eigenvalue weighted by Crippen LogP contribution is 2.33. The van der Waals surface area contributed by atoms with Gasteiger partial charge in [0.2, 0.25) is 0 Å². The first-order valence-electron chi connectivity index (χ1n) is 10.2. The number of aliphatic hydroxyl groups is 1. The van der Waals surface area contributed by atoms with Gasteiger partial charge in [-0.3, -0.25) is 9.59 Å². The Morgan fingerprint density at radius 3 is 2.65 bits per heavy atom. The van der Waals surface area contributed by atoms with E-state index in [1.807, 2.05) is 6.08 Å². The standard InChI is InChI=1S/C22H27F3O5S/c23-22(24,25)15-6-5-7-17(12-15)30-13-16(26)14-31-20-11-10-19(27)18(20)8-3-1-2-4-9-21(28)29/h5-7,10-12,16,18,20,26H,1-4,8-9,13-14H2,(H,28,29). The molecule has 0 aliphatic heterocycles. The van der Waals surface area contributed by atoms with Crippen molar-refractivity contribution < 1.29 is 37.7 Å². The molecule has 0 saturated heterocycles. The Kier molecular flexibility index (Phi) is 9.90. The Labute approximate surface area is 183 Å². The summed E-state index contributed by atoms with van der Waals surface area (Å²) in [7, 11) is 0. The molecule has 2 N–H and O–H groups in total. The average molecular weight is 461 g/mol. The molecule has 31 heavy (non-hydrogen) atoms. The molecule has 0 bridgehead atoms. The van der Waals surface area contributed by atoms with Crippen molar-refractivity contribution in [1.29, 1.82) is 0 Å². The van der Waals surface area contributed by atoms with Gasteiger partial charge in [0, 0.05) is 23.3 Å². The first-order chi connectivity index (χ1) is 14.7. The van der Waals surface area contributed by atoms with E-state index in [0.717, 1.165) is 31.4 Å². The molecule has 1 aliphatic carbocycles. The van der Waals surface area contributed by atoms with Gasteiger partial charge >= 0.3 is 12.1 Å². The lowest BCUT2D eigenvalue weighted by Crippen LogP contribution is -2.24. The highest BCUT2D eigenvalue weighted by atomic mass is 32.2. The summed E-state index contributed by atoms with van der Waals surface area (Å²) in [6, 6.07) is 4.50. The van der Waals surface area contributed by atoms with Crippen molar-refractivity contribution in [3.63, 3.8) is 0 Å².